The second kappa shape index (κ2) is 5.43. The molecule has 58 valence electrons. The number of nitrogens with one attached hydrogen (secondary N) is 1. The van der Waals surface area contributed by atoms with Crippen molar-refractivity contribution in [3.63, 3.8) is 0 Å². The molecule has 0 saturated heterocycles. The molecular weight excluding hydrogens is 170 g/mol. The Balaban J connectivity index is 3.74. The molecule has 0 spiro atoms. The monoisotopic (exact) mass is 179 g/mol. The molecule has 0 aromatic rings. The Bertz CT molecular complexity index is 141. The number of primary amides is 1. The van der Waals surface area contributed by atoms with Gasteiger partial charge in [-0.3, -0.25) is 0 Å². The van der Waals surface area contributed by atoms with Crippen LogP contribution in [0.4, 0.5) is 4.79 Å². The lowest BCUT2D eigenvalue weighted by molar-refractivity contribution is 0.249. The lowest BCUT2D eigenvalue weighted by atomic mass is 11.1. The van der Waals surface area contributed by atoms with Gasteiger partial charge in [-0.15, -0.1) is 23.5 Å². The Labute approximate surface area is 68.0 Å². The quantitative estimate of drug-likeness (QED) is 0.353. The second-order valence-electron chi connectivity index (χ2n) is 1.26. The molecule has 0 unspecified atom stereocenters. The van der Waals surface area contributed by atoms with Crippen molar-refractivity contribution in [2.24, 2.45) is 10.8 Å². The summed E-state index contributed by atoms with van der Waals surface area (Å²) in [6.07, 6.45) is 3.75. The van der Waals surface area contributed by atoms with E-state index in [0.717, 1.165) is 4.38 Å². The topological polar surface area (TPSA) is 67.5 Å². The average Bonchev–Trinajstić information content (AvgIpc) is 1.90. The number of carbonyl (C=O) groups excluding carboxylic acids is 1. The van der Waals surface area contributed by atoms with E-state index in [-0.39, 0.29) is 0 Å². The number of nitrogens with two attached hydrogens (primary N) is 1. The Morgan fingerprint density at radius 1 is 1.50 bits per heavy atom. The largest absolute Gasteiger partial charge is 0.350 e. The molecule has 0 aliphatic rings. The molecule has 0 saturated carbocycles. The summed E-state index contributed by atoms with van der Waals surface area (Å²) in [7, 11) is 0. The van der Waals surface area contributed by atoms with Crippen molar-refractivity contribution in [3.8, 4) is 0 Å². The second-order valence-corrected chi connectivity index (χ2v) is 3.11. The summed E-state index contributed by atoms with van der Waals surface area (Å²) in [4.78, 5) is 10.1. The third-order valence-corrected chi connectivity index (χ3v) is 2.49. The molecule has 3 N–H and O–H groups in total. The molecular formula is C4H9N3OS2. The zero-order valence-corrected chi connectivity index (χ0v) is 7.38. The van der Waals surface area contributed by atoms with E-state index >= 15 is 0 Å². The molecule has 2 amide bonds. The van der Waals surface area contributed by atoms with Crippen molar-refractivity contribution in [2.45, 2.75) is 0 Å². The van der Waals surface area contributed by atoms with E-state index in [1.807, 2.05) is 12.5 Å². The van der Waals surface area contributed by atoms with Crippen molar-refractivity contribution < 1.29 is 4.79 Å². The summed E-state index contributed by atoms with van der Waals surface area (Å²) < 4.78 is 0.777. The first-order chi connectivity index (χ1) is 4.70. The van der Waals surface area contributed by atoms with Crippen LogP contribution in [0, 0.1) is 0 Å². The number of hydrogen-bond acceptors (Lipinski definition) is 4. The highest BCUT2D eigenvalue weighted by atomic mass is 32.2. The van der Waals surface area contributed by atoms with Crippen LogP contribution in [0.5, 0.6) is 0 Å². The van der Waals surface area contributed by atoms with Gasteiger partial charge in [0, 0.05) is 0 Å². The summed E-state index contributed by atoms with van der Waals surface area (Å²) >= 11 is 2.91. The van der Waals surface area contributed by atoms with E-state index in [1.165, 1.54) is 23.5 Å². The lowest BCUT2D eigenvalue weighted by Crippen LogP contribution is -2.24. The van der Waals surface area contributed by atoms with Crippen LogP contribution in [-0.2, 0) is 0 Å². The predicted octanol–water partition coefficient (Wildman–Crippen LogP) is 0.652. The first kappa shape index (κ1) is 9.64. The minimum Gasteiger partial charge on any atom is -0.350 e. The minimum absolute atomic E-state index is 0.638. The fraction of sp³-hybridized carbons (Fsp3) is 0.500. The van der Waals surface area contributed by atoms with Gasteiger partial charge >= 0.3 is 6.03 Å². The Morgan fingerprint density at radius 3 is 2.30 bits per heavy atom. The molecule has 0 aliphatic heterocycles. The summed E-state index contributed by atoms with van der Waals surface area (Å²) in [6.45, 7) is 0. The van der Waals surface area contributed by atoms with Gasteiger partial charge in [0.25, 0.3) is 0 Å². The number of carbonyl (C=O) groups is 1. The van der Waals surface area contributed by atoms with E-state index in [0.29, 0.717) is 0 Å². The van der Waals surface area contributed by atoms with Crippen LogP contribution >= 0.6 is 23.5 Å². The van der Waals surface area contributed by atoms with Crippen molar-refractivity contribution in [1.82, 2.24) is 5.43 Å². The molecule has 4 nitrogen and oxygen atoms in total. The van der Waals surface area contributed by atoms with Gasteiger partial charge in [-0.2, -0.15) is 5.10 Å². The highest BCUT2D eigenvalue weighted by Gasteiger charge is 1.93. The van der Waals surface area contributed by atoms with Crippen LogP contribution in [0.2, 0.25) is 0 Å². The van der Waals surface area contributed by atoms with Crippen LogP contribution in [0.15, 0.2) is 5.10 Å². The molecule has 0 heterocycles. The maximum atomic E-state index is 10.1. The summed E-state index contributed by atoms with van der Waals surface area (Å²) in [5.41, 5.74) is 6.91. The van der Waals surface area contributed by atoms with Crippen LogP contribution in [0.25, 0.3) is 0 Å². The minimum atomic E-state index is -0.638. The van der Waals surface area contributed by atoms with Gasteiger partial charge in [0.2, 0.25) is 0 Å². The van der Waals surface area contributed by atoms with Crippen molar-refractivity contribution in [3.05, 3.63) is 0 Å². The molecule has 0 radical (unpaired) electrons. The van der Waals surface area contributed by atoms with E-state index in [4.69, 9.17) is 5.73 Å². The van der Waals surface area contributed by atoms with Gasteiger partial charge in [0.05, 0.1) is 0 Å². The van der Waals surface area contributed by atoms with Crippen LogP contribution < -0.4 is 11.2 Å². The zero-order chi connectivity index (χ0) is 7.98. The number of thioether (sulfide) groups is 2. The molecule has 0 fully saturated rings. The summed E-state index contributed by atoms with van der Waals surface area (Å²) in [5, 5.41) is 3.68. The SMILES string of the molecule is CSC(=NNC(N)=O)SC. The fourth-order valence-electron chi connectivity index (χ4n) is 0.275. The zero-order valence-electron chi connectivity index (χ0n) is 5.75. The molecule has 0 aliphatic carbocycles. The van der Waals surface area contributed by atoms with Gasteiger partial charge in [-0.05, 0) is 12.5 Å². The van der Waals surface area contributed by atoms with Gasteiger partial charge in [-0.25, -0.2) is 10.2 Å². The van der Waals surface area contributed by atoms with E-state index < -0.39 is 6.03 Å². The molecule has 0 atom stereocenters. The van der Waals surface area contributed by atoms with Gasteiger partial charge < -0.3 is 5.73 Å². The smallest absolute Gasteiger partial charge is 0.332 e. The molecule has 6 heteroatoms. The standard InChI is InChI=1S/C4H9N3OS2/c1-9-4(10-2)7-6-3(5)8/h1-2H3,(H3,5,6,8). The normalized spacial score (nSPS) is 8.60. The van der Waals surface area contributed by atoms with E-state index in [9.17, 15) is 4.79 Å². The first-order valence-corrected chi connectivity index (χ1v) is 4.86. The number of amides is 2. The van der Waals surface area contributed by atoms with Crippen molar-refractivity contribution >= 4 is 33.9 Å². The molecule has 0 bridgehead atoms. The fourth-order valence-corrected chi connectivity index (χ4v) is 1.22. The molecule has 0 aromatic carbocycles. The Hall–Kier alpha value is -0.360. The maximum Gasteiger partial charge on any atom is 0.332 e. The summed E-state index contributed by atoms with van der Waals surface area (Å²) in [5.74, 6) is 0. The third-order valence-electron chi connectivity index (χ3n) is 0.607. The van der Waals surface area contributed by atoms with Crippen molar-refractivity contribution in [1.29, 1.82) is 0 Å². The van der Waals surface area contributed by atoms with Crippen LogP contribution in [0.3, 0.4) is 0 Å². The van der Waals surface area contributed by atoms with Gasteiger partial charge in [0.15, 0.2) is 0 Å². The maximum absolute atomic E-state index is 10.1. The lowest BCUT2D eigenvalue weighted by Gasteiger charge is -1.96. The number of nitrogens with zero attached hydrogens (tertiary/aromatic N) is 1. The number of hydrazone groups is 1. The average molecular weight is 179 g/mol. The Kier molecular flexibility index (Phi) is 5.23. The van der Waals surface area contributed by atoms with Gasteiger partial charge in [-0.1, -0.05) is 0 Å². The highest BCUT2D eigenvalue weighted by molar-refractivity contribution is 8.38. The number of hydrogen-bond donors (Lipinski definition) is 2. The van der Waals surface area contributed by atoms with Crippen molar-refractivity contribution in [2.75, 3.05) is 12.5 Å². The Morgan fingerprint density at radius 2 is 2.00 bits per heavy atom. The van der Waals surface area contributed by atoms with Crippen LogP contribution in [0.1, 0.15) is 0 Å². The number of rotatable bonds is 1. The third kappa shape index (κ3) is 4.51. The van der Waals surface area contributed by atoms with Gasteiger partial charge in [0.1, 0.15) is 4.38 Å². The highest BCUT2D eigenvalue weighted by Crippen LogP contribution is 2.08. The summed E-state index contributed by atoms with van der Waals surface area (Å²) in [6, 6.07) is -0.638. The molecule has 0 aromatic heterocycles. The van der Waals surface area contributed by atoms with E-state index in [1.54, 1.807) is 0 Å². The van der Waals surface area contributed by atoms with Crippen LogP contribution in [-0.4, -0.2) is 22.9 Å². The number of urea groups is 1. The molecule has 0 rings (SSSR count). The first-order valence-electron chi connectivity index (χ1n) is 2.41. The predicted molar refractivity (Wildman–Crippen MR) is 47.2 cm³/mol. The van der Waals surface area contributed by atoms with E-state index in [2.05, 4.69) is 10.5 Å². The molecule has 10 heavy (non-hydrogen) atoms.